The van der Waals surface area contributed by atoms with Gasteiger partial charge in [-0.25, -0.2) is 0 Å². The number of carbonyl (C=O) groups is 2. The molecule has 1 aliphatic rings. The van der Waals surface area contributed by atoms with Gasteiger partial charge in [0.1, 0.15) is 0 Å². The Kier molecular flexibility index (Phi) is 5.16. The van der Waals surface area contributed by atoms with Crippen LogP contribution in [0.1, 0.15) is 34.8 Å². The Morgan fingerprint density at radius 2 is 1.71 bits per heavy atom. The second-order valence-corrected chi connectivity index (χ2v) is 6.26. The van der Waals surface area contributed by atoms with Crippen LogP contribution in [0.15, 0.2) is 54.6 Å². The molecule has 1 aliphatic heterocycles. The molecular weight excluding hydrogens is 324 g/mol. The highest BCUT2D eigenvalue weighted by Gasteiger charge is 2.25. The van der Waals surface area contributed by atoms with Gasteiger partial charge in [-0.2, -0.15) is 0 Å². The molecule has 0 aromatic heterocycles. The minimum Gasteiger partial charge on any atom is -0.345 e. The van der Waals surface area contributed by atoms with Crippen LogP contribution in [0.4, 0.5) is 0 Å². The van der Waals surface area contributed by atoms with Gasteiger partial charge in [-0.1, -0.05) is 54.1 Å². The molecule has 3 rings (SSSR count). The van der Waals surface area contributed by atoms with E-state index in [1.54, 1.807) is 24.3 Å². The summed E-state index contributed by atoms with van der Waals surface area (Å²) in [5.41, 5.74) is 1.32. The fourth-order valence-electron chi connectivity index (χ4n) is 2.69. The van der Waals surface area contributed by atoms with Crippen molar-refractivity contribution in [3.63, 3.8) is 0 Å². The molecule has 0 bridgehead atoms. The highest BCUT2D eigenvalue weighted by molar-refractivity contribution is 6.33. The van der Waals surface area contributed by atoms with Crippen molar-refractivity contribution in [1.82, 2.24) is 10.2 Å². The molecule has 1 heterocycles. The van der Waals surface area contributed by atoms with Gasteiger partial charge < -0.3 is 10.2 Å². The van der Waals surface area contributed by atoms with Crippen LogP contribution in [0, 0.1) is 0 Å². The predicted molar refractivity (Wildman–Crippen MR) is 93.9 cm³/mol. The monoisotopic (exact) mass is 342 g/mol. The van der Waals surface area contributed by atoms with Crippen molar-refractivity contribution in [1.29, 1.82) is 0 Å². The summed E-state index contributed by atoms with van der Waals surface area (Å²) in [5.74, 6) is -0.208. The zero-order valence-corrected chi connectivity index (χ0v) is 14.0. The SMILES string of the molecule is O=C(N[C@H](CC(=O)N1CCC1)c1ccccc1)c1ccccc1Cl. The minimum absolute atomic E-state index is 0.0644. The van der Waals surface area contributed by atoms with Crippen LogP contribution in [-0.4, -0.2) is 29.8 Å². The third-order valence-corrected chi connectivity index (χ3v) is 4.54. The quantitative estimate of drug-likeness (QED) is 0.905. The Balaban J connectivity index is 1.78. The molecule has 0 saturated carbocycles. The summed E-state index contributed by atoms with van der Waals surface area (Å²) in [6.45, 7) is 1.61. The van der Waals surface area contributed by atoms with Crippen LogP contribution >= 0.6 is 11.6 Å². The topological polar surface area (TPSA) is 49.4 Å². The van der Waals surface area contributed by atoms with Gasteiger partial charge in [-0.05, 0) is 24.1 Å². The number of likely N-dealkylation sites (tertiary alicyclic amines) is 1. The third kappa shape index (κ3) is 3.77. The maximum absolute atomic E-state index is 12.6. The van der Waals surface area contributed by atoms with E-state index in [9.17, 15) is 9.59 Å². The standard InChI is InChI=1S/C19H19ClN2O2/c20-16-10-5-4-9-15(16)19(24)21-17(14-7-2-1-3-8-14)13-18(23)22-11-6-12-22/h1-5,7-10,17H,6,11-13H2,(H,21,24)/t17-/m1/s1. The largest absolute Gasteiger partial charge is 0.345 e. The molecule has 0 aliphatic carbocycles. The molecule has 124 valence electrons. The summed E-state index contributed by atoms with van der Waals surface area (Å²) in [7, 11) is 0. The van der Waals surface area contributed by atoms with Crippen LogP contribution in [0.3, 0.4) is 0 Å². The lowest BCUT2D eigenvalue weighted by atomic mass is 10.0. The maximum Gasteiger partial charge on any atom is 0.253 e. The number of nitrogens with zero attached hydrogens (tertiary/aromatic N) is 1. The van der Waals surface area contributed by atoms with Crippen molar-refractivity contribution in [3.8, 4) is 0 Å². The highest BCUT2D eigenvalue weighted by Crippen LogP contribution is 2.22. The lowest BCUT2D eigenvalue weighted by Crippen LogP contribution is -2.44. The first-order valence-electron chi connectivity index (χ1n) is 8.03. The lowest BCUT2D eigenvalue weighted by molar-refractivity contribution is -0.135. The van der Waals surface area contributed by atoms with Gasteiger partial charge in [-0.3, -0.25) is 9.59 Å². The molecule has 1 saturated heterocycles. The van der Waals surface area contributed by atoms with E-state index in [-0.39, 0.29) is 24.3 Å². The normalized spacial score (nSPS) is 14.6. The van der Waals surface area contributed by atoms with E-state index >= 15 is 0 Å². The van der Waals surface area contributed by atoms with Crippen molar-refractivity contribution in [2.75, 3.05) is 13.1 Å². The Morgan fingerprint density at radius 1 is 1.04 bits per heavy atom. The summed E-state index contributed by atoms with van der Waals surface area (Å²) in [6, 6.07) is 16.1. The van der Waals surface area contributed by atoms with Crippen molar-refractivity contribution in [2.24, 2.45) is 0 Å². The number of hydrogen-bond acceptors (Lipinski definition) is 2. The van der Waals surface area contributed by atoms with Crippen molar-refractivity contribution < 1.29 is 9.59 Å². The van der Waals surface area contributed by atoms with Gasteiger partial charge >= 0.3 is 0 Å². The zero-order chi connectivity index (χ0) is 16.9. The Bertz CT molecular complexity index is 729. The molecule has 4 nitrogen and oxygen atoms in total. The number of carbonyl (C=O) groups excluding carboxylic acids is 2. The Labute approximate surface area is 146 Å². The van der Waals surface area contributed by atoms with Crippen LogP contribution in [0.2, 0.25) is 5.02 Å². The first kappa shape index (κ1) is 16.5. The summed E-state index contributed by atoms with van der Waals surface area (Å²) in [5, 5.41) is 3.35. The summed E-state index contributed by atoms with van der Waals surface area (Å²) < 4.78 is 0. The maximum atomic E-state index is 12.6. The van der Waals surface area contributed by atoms with Crippen LogP contribution < -0.4 is 5.32 Å². The fraction of sp³-hybridized carbons (Fsp3) is 0.263. The zero-order valence-electron chi connectivity index (χ0n) is 13.2. The predicted octanol–water partition coefficient (Wildman–Crippen LogP) is 3.43. The van der Waals surface area contributed by atoms with E-state index in [0.29, 0.717) is 10.6 Å². The number of benzene rings is 2. The van der Waals surface area contributed by atoms with Gasteiger partial charge in [0.2, 0.25) is 5.91 Å². The van der Waals surface area contributed by atoms with Crippen LogP contribution in [-0.2, 0) is 4.79 Å². The van der Waals surface area contributed by atoms with Gasteiger partial charge in [0.25, 0.3) is 5.91 Å². The summed E-state index contributed by atoms with van der Waals surface area (Å²) >= 11 is 6.10. The molecule has 0 unspecified atom stereocenters. The van der Waals surface area contributed by atoms with E-state index in [0.717, 1.165) is 25.1 Å². The second-order valence-electron chi connectivity index (χ2n) is 5.86. The van der Waals surface area contributed by atoms with Crippen molar-refractivity contribution in [3.05, 3.63) is 70.7 Å². The average molecular weight is 343 g/mol. The minimum atomic E-state index is -0.372. The first-order chi connectivity index (χ1) is 11.6. The second kappa shape index (κ2) is 7.49. The van der Waals surface area contributed by atoms with Gasteiger partial charge in [0.05, 0.1) is 23.0 Å². The summed E-state index contributed by atoms with van der Waals surface area (Å²) in [6.07, 6.45) is 1.30. The molecule has 2 aromatic carbocycles. The number of nitrogens with one attached hydrogen (secondary N) is 1. The highest BCUT2D eigenvalue weighted by atomic mass is 35.5. The molecular formula is C19H19ClN2O2. The van der Waals surface area contributed by atoms with Gasteiger partial charge in [-0.15, -0.1) is 0 Å². The molecule has 2 aromatic rings. The van der Waals surface area contributed by atoms with Crippen LogP contribution in [0.25, 0.3) is 0 Å². The molecule has 0 radical (unpaired) electrons. The molecule has 0 spiro atoms. The van der Waals surface area contributed by atoms with Gasteiger partial charge in [0, 0.05) is 13.1 Å². The number of rotatable bonds is 5. The molecule has 24 heavy (non-hydrogen) atoms. The summed E-state index contributed by atoms with van der Waals surface area (Å²) in [4.78, 5) is 26.7. The Morgan fingerprint density at radius 3 is 2.33 bits per heavy atom. The molecule has 1 atom stereocenters. The smallest absolute Gasteiger partial charge is 0.253 e. The molecule has 1 fully saturated rings. The number of halogens is 1. The number of hydrogen-bond donors (Lipinski definition) is 1. The third-order valence-electron chi connectivity index (χ3n) is 4.21. The number of amides is 2. The first-order valence-corrected chi connectivity index (χ1v) is 8.41. The van der Waals surface area contributed by atoms with Gasteiger partial charge in [0.15, 0.2) is 0 Å². The fourth-order valence-corrected chi connectivity index (χ4v) is 2.91. The van der Waals surface area contributed by atoms with E-state index in [1.807, 2.05) is 35.2 Å². The van der Waals surface area contributed by atoms with E-state index in [2.05, 4.69) is 5.32 Å². The van der Waals surface area contributed by atoms with E-state index < -0.39 is 0 Å². The lowest BCUT2D eigenvalue weighted by Gasteiger charge is -2.32. The molecule has 2 amide bonds. The van der Waals surface area contributed by atoms with Crippen molar-refractivity contribution in [2.45, 2.75) is 18.9 Å². The van der Waals surface area contributed by atoms with Crippen LogP contribution in [0.5, 0.6) is 0 Å². The van der Waals surface area contributed by atoms with Crippen molar-refractivity contribution >= 4 is 23.4 Å². The average Bonchev–Trinajstić information content (AvgIpc) is 2.53. The molecule has 5 heteroatoms. The molecule has 1 N–H and O–H groups in total. The Hall–Kier alpha value is -2.33. The van der Waals surface area contributed by atoms with E-state index in [1.165, 1.54) is 0 Å². The van der Waals surface area contributed by atoms with E-state index in [4.69, 9.17) is 11.6 Å².